The molecule has 7 nitrogen and oxygen atoms in total. The number of carbonyl (C=O) groups excluding carboxylic acids is 1. The molecule has 3 rings (SSSR count). The van der Waals surface area contributed by atoms with E-state index in [1.54, 1.807) is 18.2 Å². The summed E-state index contributed by atoms with van der Waals surface area (Å²) in [6, 6.07) is 5.31. The number of hydrogen-bond donors (Lipinski definition) is 2. The van der Waals surface area contributed by atoms with Crippen molar-refractivity contribution in [3.8, 4) is 0 Å². The van der Waals surface area contributed by atoms with Gasteiger partial charge in [0.05, 0.1) is 24.1 Å². The van der Waals surface area contributed by atoms with Gasteiger partial charge in [-0.3, -0.25) is 18.3 Å². The summed E-state index contributed by atoms with van der Waals surface area (Å²) in [5.74, 6) is 0.0741. The summed E-state index contributed by atoms with van der Waals surface area (Å²) in [6.07, 6.45) is 0.249. The van der Waals surface area contributed by atoms with Gasteiger partial charge >= 0.3 is 0 Å². The number of carbonyl (C=O) groups is 1. The molecule has 0 spiro atoms. The molecule has 1 atom stereocenters. The topological polar surface area (TPSA) is 77.9 Å². The van der Waals surface area contributed by atoms with E-state index in [1.165, 1.54) is 18.4 Å². The molecule has 0 saturated carbocycles. The van der Waals surface area contributed by atoms with Crippen LogP contribution in [-0.2, 0) is 15.4 Å². The molecule has 2 aromatic rings. The highest BCUT2D eigenvalue weighted by Gasteiger charge is 2.24. The van der Waals surface area contributed by atoms with E-state index in [1.807, 2.05) is 17.2 Å². The minimum Gasteiger partial charge on any atom is -0.340 e. The van der Waals surface area contributed by atoms with Gasteiger partial charge in [-0.1, -0.05) is 28.4 Å². The number of aromatic nitrogens is 1. The molecule has 1 saturated heterocycles. The Labute approximate surface area is 176 Å². The summed E-state index contributed by atoms with van der Waals surface area (Å²) < 4.78 is 19.5. The molecule has 1 aromatic carbocycles. The van der Waals surface area contributed by atoms with Gasteiger partial charge < -0.3 is 9.80 Å². The van der Waals surface area contributed by atoms with Crippen molar-refractivity contribution < 1.29 is 13.5 Å². The summed E-state index contributed by atoms with van der Waals surface area (Å²) in [5.41, 5.74) is 1.43. The normalized spacial score (nSPS) is 18.5. The molecule has 1 unspecified atom stereocenters. The van der Waals surface area contributed by atoms with Gasteiger partial charge in [0.25, 0.3) is 0 Å². The summed E-state index contributed by atoms with van der Waals surface area (Å²) in [6.45, 7) is 5.09. The molecule has 0 radical (unpaired) electrons. The average molecular weight is 445 g/mol. The van der Waals surface area contributed by atoms with Crippen LogP contribution in [0.4, 0.5) is 5.13 Å². The molecule has 28 heavy (non-hydrogen) atoms. The third-order valence-corrected chi connectivity index (χ3v) is 8.06. The molecule has 2 heterocycles. The van der Waals surface area contributed by atoms with Gasteiger partial charge in [0, 0.05) is 36.6 Å². The van der Waals surface area contributed by atoms with E-state index in [2.05, 4.69) is 21.7 Å². The highest BCUT2D eigenvalue weighted by Crippen LogP contribution is 2.54. The second-order valence-corrected chi connectivity index (χ2v) is 9.96. The Morgan fingerprint density at radius 3 is 2.79 bits per heavy atom. The van der Waals surface area contributed by atoms with E-state index in [9.17, 15) is 9.35 Å². The Kier molecular flexibility index (Phi) is 6.85. The number of benzene rings is 1. The number of anilines is 1. The van der Waals surface area contributed by atoms with Crippen molar-refractivity contribution in [3.05, 3.63) is 39.9 Å². The molecular formula is C18H25ClN4O3S2. The number of nitrogens with zero attached hydrogens (tertiary/aromatic N) is 3. The van der Waals surface area contributed by atoms with Gasteiger partial charge in [-0.2, -0.15) is 0 Å². The predicted molar refractivity (Wildman–Crippen MR) is 115 cm³/mol. The summed E-state index contributed by atoms with van der Waals surface area (Å²) >= 11 is 7.52. The number of amides is 1. The first-order valence-electron chi connectivity index (χ1n) is 8.87. The maximum atomic E-state index is 12.5. The van der Waals surface area contributed by atoms with Gasteiger partial charge in [-0.15, -0.1) is 11.3 Å². The average Bonchev–Trinajstić information content (AvgIpc) is 3.10. The van der Waals surface area contributed by atoms with Crippen LogP contribution >= 0.6 is 33.7 Å². The van der Waals surface area contributed by atoms with Crippen LogP contribution in [0.2, 0.25) is 5.02 Å². The summed E-state index contributed by atoms with van der Waals surface area (Å²) in [7, 11) is 0.704. The van der Waals surface area contributed by atoms with Crippen LogP contribution < -0.4 is 4.72 Å². The predicted octanol–water partition coefficient (Wildman–Crippen LogP) is 3.65. The van der Waals surface area contributed by atoms with Crippen molar-refractivity contribution in [1.29, 1.82) is 0 Å². The number of piperazine rings is 1. The fraction of sp³-hybridized carbons (Fsp3) is 0.444. The van der Waals surface area contributed by atoms with Crippen LogP contribution in [0.15, 0.2) is 28.5 Å². The van der Waals surface area contributed by atoms with Crippen molar-refractivity contribution >= 4 is 44.8 Å². The second-order valence-electron chi connectivity index (χ2n) is 6.66. The molecule has 10 heteroatoms. The van der Waals surface area contributed by atoms with E-state index in [4.69, 9.17) is 15.8 Å². The smallest absolute Gasteiger partial charge is 0.228 e. The number of rotatable bonds is 6. The van der Waals surface area contributed by atoms with E-state index in [0.29, 0.717) is 20.7 Å². The van der Waals surface area contributed by atoms with E-state index in [0.717, 1.165) is 31.7 Å². The fourth-order valence-corrected chi connectivity index (χ4v) is 5.71. The minimum atomic E-state index is -2.79. The number of thiazole rings is 1. The van der Waals surface area contributed by atoms with E-state index in [-0.39, 0.29) is 12.3 Å². The molecule has 1 aliphatic rings. The monoisotopic (exact) mass is 444 g/mol. The highest BCUT2D eigenvalue weighted by molar-refractivity contribution is 8.26. The maximum absolute atomic E-state index is 12.5. The van der Waals surface area contributed by atoms with Gasteiger partial charge in [-0.05, 0) is 31.7 Å². The molecule has 1 aliphatic heterocycles. The van der Waals surface area contributed by atoms with Crippen LogP contribution in [0.5, 0.6) is 0 Å². The number of nitrogens with one attached hydrogen (secondary N) is 1. The van der Waals surface area contributed by atoms with Crippen molar-refractivity contribution in [3.63, 3.8) is 0 Å². The first kappa shape index (κ1) is 21.4. The minimum absolute atomic E-state index is 0.0741. The Balaban J connectivity index is 1.69. The van der Waals surface area contributed by atoms with Crippen molar-refractivity contribution in [2.75, 3.05) is 45.1 Å². The van der Waals surface area contributed by atoms with E-state index >= 15 is 0 Å². The summed E-state index contributed by atoms with van der Waals surface area (Å²) in [4.78, 5) is 21.6. The van der Waals surface area contributed by atoms with Crippen LogP contribution in [0.1, 0.15) is 11.3 Å². The molecule has 1 aromatic heterocycles. The summed E-state index contributed by atoms with van der Waals surface area (Å²) in [5, 5.41) is 2.89. The lowest BCUT2D eigenvalue weighted by Crippen LogP contribution is -2.47. The highest BCUT2D eigenvalue weighted by atomic mass is 35.5. The molecular weight excluding hydrogens is 420 g/mol. The third kappa shape index (κ3) is 4.79. The number of hydrogen-bond acceptors (Lipinski definition) is 7. The molecule has 1 amide bonds. The van der Waals surface area contributed by atoms with Crippen molar-refractivity contribution in [2.45, 2.75) is 18.2 Å². The molecule has 1 fully saturated rings. The zero-order valence-corrected chi connectivity index (χ0v) is 18.5. The standard InChI is InChI=1S/C18H25ClN4O3S2/c1-13-15(19)5-4-6-16(13)28(25,26-3)21-18-20-14(12-27-18)11-17(24)23-9-7-22(2)8-10-23/h4-6,12,25H,7-11H2,1-3H3,(H,20,21). The van der Waals surface area contributed by atoms with Crippen molar-refractivity contribution in [1.82, 2.24) is 14.8 Å². The lowest BCUT2D eigenvalue weighted by molar-refractivity contribution is -0.132. The quantitative estimate of drug-likeness (QED) is 0.708. The third-order valence-electron chi connectivity index (χ3n) is 4.72. The lowest BCUT2D eigenvalue weighted by Gasteiger charge is -2.37. The maximum Gasteiger partial charge on any atom is 0.228 e. The lowest BCUT2D eigenvalue weighted by atomic mass is 10.2. The van der Waals surface area contributed by atoms with Gasteiger partial charge in [-0.25, -0.2) is 4.98 Å². The van der Waals surface area contributed by atoms with Crippen LogP contribution in [0, 0.1) is 6.92 Å². The fourth-order valence-electron chi connectivity index (χ4n) is 2.95. The SMILES string of the molecule is COS(O)(Nc1nc(CC(=O)N2CCN(C)CC2)cs1)c1cccc(Cl)c1C. The Hall–Kier alpha value is -1.36. The molecule has 154 valence electrons. The molecule has 2 N–H and O–H groups in total. The largest absolute Gasteiger partial charge is 0.340 e. The van der Waals surface area contributed by atoms with Crippen LogP contribution in [0.25, 0.3) is 0 Å². The van der Waals surface area contributed by atoms with Crippen LogP contribution in [0.3, 0.4) is 0 Å². The number of halogens is 1. The number of likely N-dealkylation sites (N-methyl/N-ethyl adjacent to an activating group) is 1. The first-order valence-corrected chi connectivity index (χ1v) is 11.6. The van der Waals surface area contributed by atoms with Gasteiger partial charge in [0.1, 0.15) is 0 Å². The Morgan fingerprint density at radius 2 is 2.11 bits per heavy atom. The Morgan fingerprint density at radius 1 is 1.39 bits per heavy atom. The second kappa shape index (κ2) is 8.98. The van der Waals surface area contributed by atoms with Crippen molar-refractivity contribution in [2.24, 2.45) is 0 Å². The zero-order valence-electron chi connectivity index (χ0n) is 16.1. The van der Waals surface area contributed by atoms with Gasteiger partial charge in [0.2, 0.25) is 11.0 Å². The Bertz CT molecular complexity index is 842. The van der Waals surface area contributed by atoms with Gasteiger partial charge in [0.15, 0.2) is 0 Å². The van der Waals surface area contributed by atoms with E-state index < -0.39 is 10.8 Å². The molecule has 0 aliphatic carbocycles. The zero-order chi connectivity index (χ0) is 20.3. The van der Waals surface area contributed by atoms with Crippen LogP contribution in [-0.4, -0.2) is 65.6 Å². The first-order chi connectivity index (χ1) is 13.3. The molecule has 0 bridgehead atoms.